The third-order valence-corrected chi connectivity index (χ3v) is 5.85. The average Bonchev–Trinajstić information content (AvgIpc) is 3.24. The molecule has 1 aromatic heterocycles. The highest BCUT2D eigenvalue weighted by Crippen LogP contribution is 2.37. The van der Waals surface area contributed by atoms with E-state index in [0.29, 0.717) is 28.8 Å². The highest BCUT2D eigenvalue weighted by molar-refractivity contribution is 6.31. The number of hydrogen-bond donors (Lipinski definition) is 0. The average molecular weight is 429 g/mol. The molecule has 2 aromatic carbocycles. The minimum atomic E-state index is -0.397. The maximum Gasteiger partial charge on any atom is 0.359 e. The molecule has 0 atom stereocenters. The van der Waals surface area contributed by atoms with Crippen molar-refractivity contribution in [3.05, 3.63) is 69.3 Å². The van der Waals surface area contributed by atoms with Gasteiger partial charge >= 0.3 is 5.97 Å². The van der Waals surface area contributed by atoms with E-state index >= 15 is 0 Å². The number of anilines is 1. The number of pyridine rings is 1. The Balaban J connectivity index is 1.99. The molecule has 1 aliphatic heterocycles. The lowest BCUT2D eigenvalue weighted by molar-refractivity contribution is 0.0520. The Hall–Kier alpha value is -2.30. The van der Waals surface area contributed by atoms with Crippen molar-refractivity contribution in [1.82, 2.24) is 4.98 Å². The molecule has 6 heteroatoms. The standard InChI is InChI=1S/C23H22Cl2N2O2/c1-2-29-23(28)21-22(27-11-5-6-12-27)18(13-15-7-3-4-8-19(15)25)17-14-16(24)9-10-20(17)26-21/h3-4,7-10,14H,2,5-6,11-13H2,1H3. The normalized spacial score (nSPS) is 13.8. The molecule has 29 heavy (non-hydrogen) atoms. The number of ether oxygens (including phenoxy) is 1. The van der Waals surface area contributed by atoms with Crippen molar-refractivity contribution in [2.45, 2.75) is 26.2 Å². The number of esters is 1. The number of hydrogen-bond acceptors (Lipinski definition) is 4. The summed E-state index contributed by atoms with van der Waals surface area (Å²) in [6.07, 6.45) is 2.75. The van der Waals surface area contributed by atoms with Crippen LogP contribution in [0.4, 0.5) is 5.69 Å². The molecule has 0 aliphatic carbocycles. The molecule has 4 nitrogen and oxygen atoms in total. The summed E-state index contributed by atoms with van der Waals surface area (Å²) in [6.45, 7) is 3.88. The van der Waals surface area contributed by atoms with E-state index in [-0.39, 0.29) is 0 Å². The molecule has 3 aromatic rings. The van der Waals surface area contributed by atoms with E-state index in [4.69, 9.17) is 32.9 Å². The smallest absolute Gasteiger partial charge is 0.359 e. The fourth-order valence-electron chi connectivity index (χ4n) is 3.93. The Bertz CT molecular complexity index is 1060. The van der Waals surface area contributed by atoms with Gasteiger partial charge in [0.15, 0.2) is 5.69 Å². The van der Waals surface area contributed by atoms with E-state index in [1.54, 1.807) is 13.0 Å². The number of carbonyl (C=O) groups excluding carboxylic acids is 1. The second-order valence-corrected chi connectivity index (χ2v) is 7.98. The van der Waals surface area contributed by atoms with Gasteiger partial charge in [-0.3, -0.25) is 0 Å². The van der Waals surface area contributed by atoms with Gasteiger partial charge in [-0.1, -0.05) is 41.4 Å². The first-order chi connectivity index (χ1) is 14.1. The zero-order valence-electron chi connectivity index (χ0n) is 16.3. The lowest BCUT2D eigenvalue weighted by atomic mass is 9.97. The quantitative estimate of drug-likeness (QED) is 0.473. The largest absolute Gasteiger partial charge is 0.461 e. The Morgan fingerprint density at radius 1 is 1.14 bits per heavy atom. The molecule has 4 rings (SSSR count). The summed E-state index contributed by atoms with van der Waals surface area (Å²) in [6, 6.07) is 13.3. The summed E-state index contributed by atoms with van der Waals surface area (Å²) in [7, 11) is 0. The number of nitrogens with zero attached hydrogens (tertiary/aromatic N) is 2. The summed E-state index contributed by atoms with van der Waals surface area (Å²) >= 11 is 12.8. The first kappa shape index (κ1) is 20.0. The van der Waals surface area contributed by atoms with Gasteiger partial charge in [-0.15, -0.1) is 0 Å². The SMILES string of the molecule is CCOC(=O)c1nc2ccc(Cl)cc2c(Cc2ccccc2Cl)c1N1CCCC1. The van der Waals surface area contributed by atoms with Crippen LogP contribution in [0.3, 0.4) is 0 Å². The predicted octanol–water partition coefficient (Wildman–Crippen LogP) is 5.91. The Labute approximate surface area is 180 Å². The second kappa shape index (κ2) is 8.60. The van der Waals surface area contributed by atoms with E-state index in [1.165, 1.54) is 0 Å². The lowest BCUT2D eigenvalue weighted by Crippen LogP contribution is -2.24. The number of fused-ring (bicyclic) bond motifs is 1. The molecule has 0 unspecified atom stereocenters. The summed E-state index contributed by atoms with van der Waals surface area (Å²) in [5.41, 5.74) is 3.94. The highest BCUT2D eigenvalue weighted by Gasteiger charge is 2.27. The van der Waals surface area contributed by atoms with Crippen LogP contribution in [0.25, 0.3) is 10.9 Å². The van der Waals surface area contributed by atoms with Crippen LogP contribution in [0.2, 0.25) is 10.0 Å². The van der Waals surface area contributed by atoms with Gasteiger partial charge in [0.25, 0.3) is 0 Å². The van der Waals surface area contributed by atoms with Crippen molar-refractivity contribution < 1.29 is 9.53 Å². The van der Waals surface area contributed by atoms with E-state index in [1.807, 2.05) is 36.4 Å². The molecule has 0 spiro atoms. The molecule has 1 saturated heterocycles. The molecule has 0 radical (unpaired) electrons. The summed E-state index contributed by atoms with van der Waals surface area (Å²) in [4.78, 5) is 19.8. The van der Waals surface area contributed by atoms with Crippen LogP contribution in [0, 0.1) is 0 Å². The fraction of sp³-hybridized carbons (Fsp3) is 0.304. The van der Waals surface area contributed by atoms with Gasteiger partial charge in [-0.2, -0.15) is 0 Å². The first-order valence-corrected chi connectivity index (χ1v) is 10.6. The third kappa shape index (κ3) is 4.05. The molecule has 0 saturated carbocycles. The predicted molar refractivity (Wildman–Crippen MR) is 118 cm³/mol. The van der Waals surface area contributed by atoms with Crippen molar-refractivity contribution in [3.63, 3.8) is 0 Å². The topological polar surface area (TPSA) is 42.4 Å². The van der Waals surface area contributed by atoms with E-state index in [2.05, 4.69) is 4.90 Å². The summed E-state index contributed by atoms with van der Waals surface area (Å²) < 4.78 is 5.35. The number of rotatable bonds is 5. The molecular formula is C23H22Cl2N2O2. The number of aromatic nitrogens is 1. The molecule has 150 valence electrons. The number of benzene rings is 2. The monoisotopic (exact) mass is 428 g/mol. The van der Waals surface area contributed by atoms with Gasteiger partial charge in [0.05, 0.1) is 17.8 Å². The summed E-state index contributed by atoms with van der Waals surface area (Å²) in [5.74, 6) is -0.397. The van der Waals surface area contributed by atoms with E-state index in [0.717, 1.165) is 53.6 Å². The lowest BCUT2D eigenvalue weighted by Gasteiger charge is -2.25. The number of halogens is 2. The molecule has 2 heterocycles. The van der Waals surface area contributed by atoms with E-state index < -0.39 is 5.97 Å². The van der Waals surface area contributed by atoms with Crippen LogP contribution in [-0.2, 0) is 11.2 Å². The van der Waals surface area contributed by atoms with Gasteiger partial charge < -0.3 is 9.64 Å². The van der Waals surface area contributed by atoms with Gasteiger partial charge in [-0.05, 0) is 55.2 Å². The van der Waals surface area contributed by atoms with Crippen molar-refractivity contribution in [2.75, 3.05) is 24.6 Å². The Morgan fingerprint density at radius 2 is 1.90 bits per heavy atom. The first-order valence-electron chi connectivity index (χ1n) is 9.86. The molecule has 1 aliphatic rings. The van der Waals surface area contributed by atoms with Crippen LogP contribution >= 0.6 is 23.2 Å². The highest BCUT2D eigenvalue weighted by atomic mass is 35.5. The third-order valence-electron chi connectivity index (χ3n) is 5.24. The molecule has 0 amide bonds. The second-order valence-electron chi connectivity index (χ2n) is 7.13. The van der Waals surface area contributed by atoms with Crippen molar-refractivity contribution in [1.29, 1.82) is 0 Å². The molecule has 0 bridgehead atoms. The van der Waals surface area contributed by atoms with Crippen LogP contribution in [0.5, 0.6) is 0 Å². The fourth-order valence-corrected chi connectivity index (χ4v) is 4.30. The molecule has 0 N–H and O–H groups in total. The Morgan fingerprint density at radius 3 is 2.62 bits per heavy atom. The van der Waals surface area contributed by atoms with Crippen molar-refractivity contribution in [3.8, 4) is 0 Å². The zero-order chi connectivity index (χ0) is 20.4. The molecular weight excluding hydrogens is 407 g/mol. The maximum atomic E-state index is 12.8. The number of carbonyl (C=O) groups is 1. The van der Waals surface area contributed by atoms with Crippen LogP contribution in [0.1, 0.15) is 41.4 Å². The maximum absolute atomic E-state index is 12.8. The van der Waals surface area contributed by atoms with Crippen molar-refractivity contribution >= 4 is 45.8 Å². The Kier molecular flexibility index (Phi) is 5.93. The summed E-state index contributed by atoms with van der Waals surface area (Å²) in [5, 5.41) is 2.27. The van der Waals surface area contributed by atoms with Crippen molar-refractivity contribution in [2.24, 2.45) is 0 Å². The van der Waals surface area contributed by atoms with Gasteiger partial charge in [0.1, 0.15) is 0 Å². The molecule has 1 fully saturated rings. The van der Waals surface area contributed by atoms with E-state index in [9.17, 15) is 4.79 Å². The van der Waals surface area contributed by atoms with Gasteiger partial charge in [0.2, 0.25) is 0 Å². The zero-order valence-corrected chi connectivity index (χ0v) is 17.8. The minimum Gasteiger partial charge on any atom is -0.461 e. The van der Waals surface area contributed by atoms with Crippen LogP contribution in [-0.4, -0.2) is 30.6 Å². The van der Waals surface area contributed by atoms with Crippen LogP contribution in [0.15, 0.2) is 42.5 Å². The van der Waals surface area contributed by atoms with Gasteiger partial charge in [-0.25, -0.2) is 9.78 Å². The minimum absolute atomic E-state index is 0.304. The van der Waals surface area contributed by atoms with Gasteiger partial charge in [0, 0.05) is 34.9 Å². The van der Waals surface area contributed by atoms with Crippen LogP contribution < -0.4 is 4.90 Å².